The molecule has 0 N–H and O–H groups in total. The van der Waals surface area contributed by atoms with Crippen LogP contribution in [0.15, 0.2) is 24.3 Å². The van der Waals surface area contributed by atoms with Gasteiger partial charge in [-0.15, -0.1) is 0 Å². The van der Waals surface area contributed by atoms with Crippen molar-refractivity contribution >= 4 is 11.7 Å². The Labute approximate surface area is 99.7 Å². The molecule has 4 heteroatoms. The number of aromatic carboxylic acids is 1. The smallest absolute Gasteiger partial charge is 0.545 e. The van der Waals surface area contributed by atoms with Crippen molar-refractivity contribution in [3.05, 3.63) is 29.8 Å². The molecule has 64 valence electrons. The molecule has 3 nitrogen and oxygen atoms in total. The van der Waals surface area contributed by atoms with Gasteiger partial charge in [-0.1, -0.05) is 12.1 Å². The first-order chi connectivity index (χ1) is 5.61. The Balaban J connectivity index is 0.00000144. The van der Waals surface area contributed by atoms with Gasteiger partial charge in [-0.2, -0.15) is 0 Å². The molecule has 13 heavy (non-hydrogen) atoms. The predicted molar refractivity (Wildman–Crippen MR) is 45.1 cm³/mol. The minimum Gasteiger partial charge on any atom is -0.545 e. The van der Waals surface area contributed by atoms with Crippen LogP contribution in [0.1, 0.15) is 10.4 Å². The molecule has 0 aliphatic rings. The van der Waals surface area contributed by atoms with Crippen LogP contribution in [0.3, 0.4) is 0 Å². The number of nitrogens with zero attached hydrogens (tertiary/aromatic N) is 1. The van der Waals surface area contributed by atoms with Gasteiger partial charge in [0, 0.05) is 19.8 Å². The third-order valence-corrected chi connectivity index (χ3v) is 1.62. The van der Waals surface area contributed by atoms with Gasteiger partial charge in [0.2, 0.25) is 0 Å². The number of benzene rings is 1. The number of anilines is 1. The molecule has 0 aliphatic heterocycles. The molecule has 0 fully saturated rings. The van der Waals surface area contributed by atoms with E-state index in [1.54, 1.807) is 12.1 Å². The van der Waals surface area contributed by atoms with Crippen molar-refractivity contribution in [2.24, 2.45) is 0 Å². The maximum absolute atomic E-state index is 10.4. The Kier molecular flexibility index (Phi) is 5.06. The quantitative estimate of drug-likeness (QED) is 0.467. The van der Waals surface area contributed by atoms with Crippen LogP contribution < -0.4 is 39.6 Å². The normalized spacial score (nSPS) is 8.77. The summed E-state index contributed by atoms with van der Waals surface area (Å²) < 4.78 is 0. The largest absolute Gasteiger partial charge is 1.00 e. The van der Waals surface area contributed by atoms with E-state index >= 15 is 0 Å². The van der Waals surface area contributed by atoms with Gasteiger partial charge < -0.3 is 14.8 Å². The maximum Gasteiger partial charge on any atom is 1.00 e. The van der Waals surface area contributed by atoms with E-state index < -0.39 is 5.97 Å². The first kappa shape index (κ1) is 12.5. The summed E-state index contributed by atoms with van der Waals surface area (Å²) in [6.45, 7) is 0. The summed E-state index contributed by atoms with van der Waals surface area (Å²) in [7, 11) is 3.79. The third-order valence-electron chi connectivity index (χ3n) is 1.62. The average Bonchev–Trinajstić information content (AvgIpc) is 2.04. The molecule has 0 heterocycles. The number of rotatable bonds is 2. The van der Waals surface area contributed by atoms with E-state index in [2.05, 4.69) is 0 Å². The number of hydrogen-bond donors (Lipinski definition) is 0. The zero-order valence-corrected chi connectivity index (χ0v) is 10.1. The molecular formula is C9H10NNaO2. The van der Waals surface area contributed by atoms with Crippen molar-refractivity contribution in [3.63, 3.8) is 0 Å². The number of carbonyl (C=O) groups is 1. The van der Waals surface area contributed by atoms with E-state index in [1.165, 1.54) is 12.1 Å². The van der Waals surface area contributed by atoms with Gasteiger partial charge in [0.15, 0.2) is 0 Å². The molecule has 0 saturated carbocycles. The van der Waals surface area contributed by atoms with Gasteiger partial charge in [0.1, 0.15) is 0 Å². The number of hydrogen-bond acceptors (Lipinski definition) is 3. The maximum atomic E-state index is 10.4. The van der Waals surface area contributed by atoms with Gasteiger partial charge in [0.25, 0.3) is 0 Å². The molecule has 0 saturated heterocycles. The fourth-order valence-electron chi connectivity index (χ4n) is 0.896. The van der Waals surface area contributed by atoms with Crippen LogP contribution in [0.5, 0.6) is 0 Å². The molecule has 1 aromatic rings. The Bertz CT molecular complexity index is 282. The Morgan fingerprint density at radius 1 is 1.23 bits per heavy atom. The van der Waals surface area contributed by atoms with Crippen LogP contribution >= 0.6 is 0 Å². The fraction of sp³-hybridized carbons (Fsp3) is 0.222. The van der Waals surface area contributed by atoms with Crippen molar-refractivity contribution in [2.45, 2.75) is 0 Å². The van der Waals surface area contributed by atoms with Crippen LogP contribution in [0, 0.1) is 0 Å². The average molecular weight is 187 g/mol. The van der Waals surface area contributed by atoms with E-state index in [0.717, 1.165) is 5.69 Å². The molecule has 0 atom stereocenters. The minimum absolute atomic E-state index is 0. The molecular weight excluding hydrogens is 177 g/mol. The summed E-state index contributed by atoms with van der Waals surface area (Å²) in [4.78, 5) is 12.3. The zero-order chi connectivity index (χ0) is 9.14. The number of carboxylic acids is 1. The predicted octanol–water partition coefficient (Wildman–Crippen LogP) is -2.88. The van der Waals surface area contributed by atoms with Gasteiger partial charge in [0.05, 0.1) is 5.97 Å². The molecule has 1 aromatic carbocycles. The second-order valence-corrected chi connectivity index (χ2v) is 2.73. The molecule has 1 rings (SSSR count). The Morgan fingerprint density at radius 3 is 2.00 bits per heavy atom. The standard InChI is InChI=1S/C9H11NO2.Na/c1-10(2)8-5-3-7(4-6-8)9(11)12;/h3-6H,1-2H3,(H,11,12);/q;+1/p-1. The first-order valence-electron chi connectivity index (χ1n) is 3.60. The van der Waals surface area contributed by atoms with E-state index in [-0.39, 0.29) is 35.1 Å². The second-order valence-electron chi connectivity index (χ2n) is 2.73. The molecule has 0 unspecified atom stereocenters. The van der Waals surface area contributed by atoms with Crippen molar-refractivity contribution in [2.75, 3.05) is 19.0 Å². The summed E-state index contributed by atoms with van der Waals surface area (Å²) in [5.41, 5.74) is 1.18. The monoisotopic (exact) mass is 187 g/mol. The topological polar surface area (TPSA) is 43.4 Å². The fourth-order valence-corrected chi connectivity index (χ4v) is 0.896. The van der Waals surface area contributed by atoms with Crippen LogP contribution in [0.4, 0.5) is 5.69 Å². The molecule has 0 aliphatic carbocycles. The molecule has 0 amide bonds. The summed E-state index contributed by atoms with van der Waals surface area (Å²) in [5, 5.41) is 10.4. The van der Waals surface area contributed by atoms with Crippen LogP contribution in [0.25, 0.3) is 0 Å². The van der Waals surface area contributed by atoms with Gasteiger partial charge >= 0.3 is 29.6 Å². The van der Waals surface area contributed by atoms with Crippen LogP contribution in [-0.4, -0.2) is 20.1 Å². The van der Waals surface area contributed by atoms with Gasteiger partial charge in [-0.25, -0.2) is 0 Å². The number of carboxylic acid groups (broad SMARTS) is 1. The summed E-state index contributed by atoms with van der Waals surface area (Å²) in [6.07, 6.45) is 0. The van der Waals surface area contributed by atoms with Crippen molar-refractivity contribution in [1.82, 2.24) is 0 Å². The van der Waals surface area contributed by atoms with Gasteiger partial charge in [-0.3, -0.25) is 0 Å². The van der Waals surface area contributed by atoms with Crippen LogP contribution in [-0.2, 0) is 0 Å². The molecule has 0 spiro atoms. The Morgan fingerprint density at radius 2 is 1.69 bits per heavy atom. The van der Waals surface area contributed by atoms with E-state index in [9.17, 15) is 9.90 Å². The first-order valence-corrected chi connectivity index (χ1v) is 3.60. The number of carbonyl (C=O) groups excluding carboxylic acids is 1. The zero-order valence-electron chi connectivity index (χ0n) is 8.07. The molecule has 0 radical (unpaired) electrons. The van der Waals surface area contributed by atoms with Crippen molar-refractivity contribution < 1.29 is 39.5 Å². The summed E-state index contributed by atoms with van der Waals surface area (Å²) >= 11 is 0. The molecule has 0 bridgehead atoms. The Hall–Kier alpha value is -0.510. The summed E-state index contributed by atoms with van der Waals surface area (Å²) in [5.74, 6) is -1.14. The van der Waals surface area contributed by atoms with Gasteiger partial charge in [-0.05, 0) is 17.7 Å². The third kappa shape index (κ3) is 3.38. The van der Waals surface area contributed by atoms with E-state index in [0.29, 0.717) is 0 Å². The summed E-state index contributed by atoms with van der Waals surface area (Å²) in [6, 6.07) is 6.55. The van der Waals surface area contributed by atoms with E-state index in [1.807, 2.05) is 19.0 Å². The van der Waals surface area contributed by atoms with Crippen molar-refractivity contribution in [1.29, 1.82) is 0 Å². The minimum atomic E-state index is -1.14. The van der Waals surface area contributed by atoms with E-state index in [4.69, 9.17) is 0 Å². The molecule has 0 aromatic heterocycles. The van der Waals surface area contributed by atoms with Crippen LogP contribution in [0.2, 0.25) is 0 Å². The van der Waals surface area contributed by atoms with Crippen molar-refractivity contribution in [3.8, 4) is 0 Å². The second kappa shape index (κ2) is 5.27. The SMILES string of the molecule is CN(C)c1ccc(C(=O)[O-])cc1.[Na+].